The first-order valence-electron chi connectivity index (χ1n) is 10.7. The Bertz CT molecular complexity index is 1060. The zero-order valence-corrected chi connectivity index (χ0v) is 19.7. The molecular formula is C24H31N3O4S. The van der Waals surface area contributed by atoms with E-state index in [-0.39, 0.29) is 17.7 Å². The van der Waals surface area contributed by atoms with E-state index in [4.69, 9.17) is 0 Å². The molecule has 1 aliphatic heterocycles. The molecule has 0 aliphatic carbocycles. The molecule has 0 saturated carbocycles. The van der Waals surface area contributed by atoms with Crippen LogP contribution < -0.4 is 5.32 Å². The molecule has 1 heterocycles. The normalized spacial score (nSPS) is 15.3. The van der Waals surface area contributed by atoms with E-state index >= 15 is 0 Å². The number of aryl methyl sites for hydroxylation is 1. The van der Waals surface area contributed by atoms with E-state index < -0.39 is 21.5 Å². The van der Waals surface area contributed by atoms with Crippen molar-refractivity contribution >= 4 is 27.3 Å². The van der Waals surface area contributed by atoms with Crippen LogP contribution in [0.2, 0.25) is 0 Å². The molecule has 0 aromatic heterocycles. The van der Waals surface area contributed by atoms with Gasteiger partial charge >= 0.3 is 0 Å². The molecule has 2 aromatic carbocycles. The number of likely N-dealkylation sites (tertiary alicyclic amines) is 1. The second-order valence-corrected chi connectivity index (χ2v) is 10.7. The summed E-state index contributed by atoms with van der Waals surface area (Å²) in [4.78, 5) is 29.2. The van der Waals surface area contributed by atoms with E-state index in [1.54, 1.807) is 48.3 Å². The molecule has 8 heteroatoms. The highest BCUT2D eigenvalue weighted by molar-refractivity contribution is 7.91. The first-order valence-corrected chi connectivity index (χ1v) is 12.6. The van der Waals surface area contributed by atoms with Gasteiger partial charge in [-0.1, -0.05) is 29.8 Å². The zero-order valence-electron chi connectivity index (χ0n) is 18.9. The molecule has 1 aliphatic rings. The summed E-state index contributed by atoms with van der Waals surface area (Å²) in [5.41, 5.74) is 2.56. The van der Waals surface area contributed by atoms with Crippen molar-refractivity contribution in [3.8, 4) is 0 Å². The highest BCUT2D eigenvalue weighted by Crippen LogP contribution is 2.18. The van der Waals surface area contributed by atoms with Crippen molar-refractivity contribution in [2.45, 2.75) is 31.6 Å². The van der Waals surface area contributed by atoms with Crippen molar-refractivity contribution in [1.82, 2.24) is 9.80 Å². The van der Waals surface area contributed by atoms with Gasteiger partial charge in [0.15, 0.2) is 9.84 Å². The topological polar surface area (TPSA) is 86.8 Å². The standard InChI is InChI=1S/C24H31N3O4S/c1-18-7-9-21(10-8-18)25-23(28)17-32(30,31)16-19-5-4-6-20(15-19)24(29)27(3)22-11-13-26(2)14-12-22/h4-10,15,22H,11-14,16-17H2,1-3H3,(H,25,28). The Kier molecular flexibility index (Phi) is 7.69. The Hall–Kier alpha value is -2.71. The summed E-state index contributed by atoms with van der Waals surface area (Å²) in [6, 6.07) is 14.0. The fraction of sp³-hybridized carbons (Fsp3) is 0.417. The quantitative estimate of drug-likeness (QED) is 0.691. The minimum Gasteiger partial charge on any atom is -0.339 e. The molecule has 0 unspecified atom stereocenters. The number of benzene rings is 2. The van der Waals surface area contributed by atoms with Gasteiger partial charge < -0.3 is 15.1 Å². The lowest BCUT2D eigenvalue weighted by Gasteiger charge is -2.35. The molecule has 172 valence electrons. The van der Waals surface area contributed by atoms with Gasteiger partial charge in [-0.05, 0) is 69.7 Å². The maximum atomic E-state index is 12.9. The molecule has 2 aromatic rings. The minimum atomic E-state index is -3.69. The SMILES string of the molecule is Cc1ccc(NC(=O)CS(=O)(=O)Cc2cccc(C(=O)N(C)C3CCN(C)CC3)c2)cc1. The van der Waals surface area contributed by atoms with Gasteiger partial charge in [-0.15, -0.1) is 0 Å². The molecular weight excluding hydrogens is 426 g/mol. The summed E-state index contributed by atoms with van der Waals surface area (Å²) in [5.74, 6) is -1.61. The lowest BCUT2D eigenvalue weighted by atomic mass is 10.0. The molecule has 32 heavy (non-hydrogen) atoms. The predicted molar refractivity (Wildman–Crippen MR) is 126 cm³/mol. The largest absolute Gasteiger partial charge is 0.339 e. The van der Waals surface area contributed by atoms with Crippen LogP contribution in [0.3, 0.4) is 0 Å². The number of piperidine rings is 1. The van der Waals surface area contributed by atoms with E-state index in [0.717, 1.165) is 31.5 Å². The van der Waals surface area contributed by atoms with Crippen LogP contribution in [0.4, 0.5) is 5.69 Å². The average Bonchev–Trinajstić information content (AvgIpc) is 2.74. The molecule has 0 atom stereocenters. The van der Waals surface area contributed by atoms with Crippen LogP contribution in [0.15, 0.2) is 48.5 Å². The van der Waals surface area contributed by atoms with E-state index in [1.807, 2.05) is 19.1 Å². The summed E-state index contributed by atoms with van der Waals surface area (Å²) in [5, 5.41) is 2.61. The van der Waals surface area contributed by atoms with Crippen molar-refractivity contribution in [3.05, 3.63) is 65.2 Å². The first-order chi connectivity index (χ1) is 15.1. The van der Waals surface area contributed by atoms with E-state index in [9.17, 15) is 18.0 Å². The Morgan fingerprint density at radius 3 is 2.41 bits per heavy atom. The van der Waals surface area contributed by atoms with E-state index in [1.165, 1.54) is 0 Å². The zero-order chi connectivity index (χ0) is 23.3. The van der Waals surface area contributed by atoms with E-state index in [2.05, 4.69) is 17.3 Å². The van der Waals surface area contributed by atoms with Gasteiger partial charge in [-0.2, -0.15) is 0 Å². The molecule has 1 N–H and O–H groups in total. The maximum Gasteiger partial charge on any atom is 0.253 e. The monoisotopic (exact) mass is 457 g/mol. The highest BCUT2D eigenvalue weighted by atomic mass is 32.2. The summed E-state index contributed by atoms with van der Waals surface area (Å²) in [7, 11) is 0.181. The van der Waals surface area contributed by atoms with E-state index in [0.29, 0.717) is 16.8 Å². The van der Waals surface area contributed by atoms with Crippen LogP contribution in [0.25, 0.3) is 0 Å². The van der Waals surface area contributed by atoms with Gasteiger partial charge in [0.25, 0.3) is 5.91 Å². The third-order valence-corrected chi connectivity index (χ3v) is 7.28. The van der Waals surface area contributed by atoms with Crippen LogP contribution in [-0.2, 0) is 20.4 Å². The summed E-state index contributed by atoms with van der Waals surface area (Å²) >= 11 is 0. The third-order valence-electron chi connectivity index (χ3n) is 5.80. The number of anilines is 1. The molecule has 1 saturated heterocycles. The average molecular weight is 458 g/mol. The number of hydrogen-bond donors (Lipinski definition) is 1. The van der Waals surface area contributed by atoms with Crippen molar-refractivity contribution in [2.75, 3.05) is 38.3 Å². The molecule has 0 spiro atoms. The Balaban J connectivity index is 1.61. The van der Waals surface area contributed by atoms with Crippen LogP contribution in [0.5, 0.6) is 0 Å². The van der Waals surface area contributed by atoms with Crippen molar-refractivity contribution in [2.24, 2.45) is 0 Å². The van der Waals surface area contributed by atoms with Crippen LogP contribution >= 0.6 is 0 Å². The minimum absolute atomic E-state index is 0.115. The number of rotatable bonds is 7. The number of nitrogens with one attached hydrogen (secondary N) is 1. The third kappa shape index (κ3) is 6.64. The van der Waals surface area contributed by atoms with Gasteiger partial charge in [0.2, 0.25) is 5.91 Å². The second kappa shape index (κ2) is 10.3. The smallest absolute Gasteiger partial charge is 0.253 e. The lowest BCUT2D eigenvalue weighted by Crippen LogP contribution is -2.44. The van der Waals surface area contributed by atoms with Crippen molar-refractivity contribution in [3.63, 3.8) is 0 Å². The van der Waals surface area contributed by atoms with Gasteiger partial charge in [0.05, 0.1) is 5.75 Å². The molecule has 0 bridgehead atoms. The lowest BCUT2D eigenvalue weighted by molar-refractivity contribution is -0.113. The molecule has 3 rings (SSSR count). The maximum absolute atomic E-state index is 12.9. The molecule has 7 nitrogen and oxygen atoms in total. The fourth-order valence-electron chi connectivity index (χ4n) is 3.88. The number of carbonyl (C=O) groups is 2. The number of amides is 2. The van der Waals surface area contributed by atoms with Gasteiger partial charge in [-0.3, -0.25) is 9.59 Å². The highest BCUT2D eigenvalue weighted by Gasteiger charge is 2.25. The molecule has 1 fully saturated rings. The van der Waals surface area contributed by atoms with Crippen LogP contribution in [-0.4, -0.2) is 69.0 Å². The van der Waals surface area contributed by atoms with Crippen molar-refractivity contribution in [1.29, 1.82) is 0 Å². The number of nitrogens with zero attached hydrogens (tertiary/aromatic N) is 2. The summed E-state index contributed by atoms with van der Waals surface area (Å²) in [6.07, 6.45) is 1.84. The van der Waals surface area contributed by atoms with Gasteiger partial charge in [0.1, 0.15) is 5.75 Å². The summed E-state index contributed by atoms with van der Waals surface area (Å²) in [6.45, 7) is 3.83. The van der Waals surface area contributed by atoms with Gasteiger partial charge in [0, 0.05) is 24.3 Å². The fourth-order valence-corrected chi connectivity index (χ4v) is 5.15. The Morgan fingerprint density at radius 1 is 1.09 bits per heavy atom. The Labute approximate surface area is 190 Å². The van der Waals surface area contributed by atoms with Crippen LogP contribution in [0.1, 0.15) is 34.3 Å². The number of carbonyl (C=O) groups excluding carboxylic acids is 2. The van der Waals surface area contributed by atoms with Crippen LogP contribution in [0, 0.1) is 6.92 Å². The summed E-state index contributed by atoms with van der Waals surface area (Å²) < 4.78 is 25.2. The Morgan fingerprint density at radius 2 is 1.75 bits per heavy atom. The predicted octanol–water partition coefficient (Wildman–Crippen LogP) is 2.71. The number of hydrogen-bond acceptors (Lipinski definition) is 5. The first kappa shape index (κ1) is 23.9. The second-order valence-electron chi connectivity index (χ2n) is 8.60. The molecule has 0 radical (unpaired) electrons. The van der Waals surface area contributed by atoms with Gasteiger partial charge in [-0.25, -0.2) is 8.42 Å². The molecule has 2 amide bonds. The van der Waals surface area contributed by atoms with Crippen molar-refractivity contribution < 1.29 is 18.0 Å². The number of sulfone groups is 1.